The smallest absolute Gasteiger partial charge is 0.251 e. The molecule has 0 saturated heterocycles. The van der Waals surface area contributed by atoms with Gasteiger partial charge in [-0.25, -0.2) is 0 Å². The number of carbonyl (C=O) groups is 1. The van der Waals surface area contributed by atoms with Gasteiger partial charge in [-0.15, -0.1) is 0 Å². The molecule has 0 saturated carbocycles. The van der Waals surface area contributed by atoms with Crippen LogP contribution < -0.4 is 14.8 Å². The number of amides is 1. The molecule has 0 bridgehead atoms. The van der Waals surface area contributed by atoms with E-state index in [-0.39, 0.29) is 5.91 Å². The van der Waals surface area contributed by atoms with Gasteiger partial charge in [-0.05, 0) is 36.8 Å². The zero-order chi connectivity index (χ0) is 18.7. The fraction of sp³-hybridized carbons (Fsp3) is 0.174. The quantitative estimate of drug-likeness (QED) is 0.572. The van der Waals surface area contributed by atoms with Gasteiger partial charge in [-0.1, -0.05) is 54.6 Å². The Labute approximate surface area is 159 Å². The van der Waals surface area contributed by atoms with Crippen molar-refractivity contribution in [2.75, 3.05) is 13.2 Å². The molecule has 1 amide bonds. The van der Waals surface area contributed by atoms with E-state index in [1.807, 2.05) is 84.9 Å². The van der Waals surface area contributed by atoms with Crippen LogP contribution in [0.1, 0.15) is 22.3 Å². The van der Waals surface area contributed by atoms with Gasteiger partial charge in [0.15, 0.2) is 0 Å². The highest BCUT2D eigenvalue weighted by Gasteiger charge is 2.10. The summed E-state index contributed by atoms with van der Waals surface area (Å²) in [4.78, 5) is 12.5. The van der Waals surface area contributed by atoms with E-state index >= 15 is 0 Å². The molecular weight excluding hydrogens is 338 g/mol. The third-order valence-corrected chi connectivity index (χ3v) is 4.02. The van der Waals surface area contributed by atoms with E-state index in [0.717, 1.165) is 23.5 Å². The summed E-state index contributed by atoms with van der Waals surface area (Å²) in [5.41, 5.74) is 1.50. The third-order valence-electron chi connectivity index (χ3n) is 4.02. The Morgan fingerprint density at radius 3 is 2.04 bits per heavy atom. The minimum Gasteiger partial charge on any atom is -0.494 e. The normalized spacial score (nSPS) is 10.2. The van der Waals surface area contributed by atoms with Crippen LogP contribution in [0, 0.1) is 0 Å². The van der Waals surface area contributed by atoms with E-state index in [1.165, 1.54) is 0 Å². The third kappa shape index (κ3) is 5.89. The van der Waals surface area contributed by atoms with E-state index in [2.05, 4.69) is 5.32 Å². The van der Waals surface area contributed by atoms with Crippen LogP contribution in [-0.2, 0) is 6.61 Å². The van der Waals surface area contributed by atoms with Gasteiger partial charge in [0.1, 0.15) is 18.1 Å². The molecule has 4 heteroatoms. The molecule has 0 atom stereocenters. The number of hydrogen-bond donors (Lipinski definition) is 1. The molecule has 0 aliphatic heterocycles. The summed E-state index contributed by atoms with van der Waals surface area (Å²) in [5.74, 6) is 1.53. The van der Waals surface area contributed by atoms with Gasteiger partial charge in [-0.3, -0.25) is 4.79 Å². The molecule has 1 N–H and O–H groups in total. The number of rotatable bonds is 9. The van der Waals surface area contributed by atoms with E-state index in [0.29, 0.717) is 25.3 Å². The summed E-state index contributed by atoms with van der Waals surface area (Å²) >= 11 is 0. The Hall–Kier alpha value is -3.27. The van der Waals surface area contributed by atoms with Crippen molar-refractivity contribution in [1.29, 1.82) is 0 Å². The molecule has 3 aromatic rings. The first kappa shape index (κ1) is 18.5. The van der Waals surface area contributed by atoms with Gasteiger partial charge in [0.25, 0.3) is 5.91 Å². The maximum Gasteiger partial charge on any atom is 0.251 e. The predicted molar refractivity (Wildman–Crippen MR) is 106 cm³/mol. The number of hydrogen-bond acceptors (Lipinski definition) is 3. The van der Waals surface area contributed by atoms with E-state index in [4.69, 9.17) is 9.47 Å². The number of ether oxygens (including phenoxy) is 2. The predicted octanol–water partition coefficient (Wildman–Crippen LogP) is 4.46. The SMILES string of the molecule is O=C(NCCCOc1ccccc1)c1ccccc1COc1ccccc1. The van der Waals surface area contributed by atoms with Crippen LogP contribution in [-0.4, -0.2) is 19.1 Å². The molecule has 3 aromatic carbocycles. The standard InChI is InChI=1S/C23H23NO3/c25-23(24-16-9-17-26-20-11-3-1-4-12-20)22-15-8-7-10-19(22)18-27-21-13-5-2-6-14-21/h1-8,10-15H,9,16-18H2,(H,24,25). The van der Waals surface area contributed by atoms with Crippen LogP contribution in [0.5, 0.6) is 11.5 Å². The topological polar surface area (TPSA) is 47.6 Å². The summed E-state index contributed by atoms with van der Waals surface area (Å²) in [6.07, 6.45) is 0.739. The van der Waals surface area contributed by atoms with E-state index < -0.39 is 0 Å². The maximum atomic E-state index is 12.5. The summed E-state index contributed by atoms with van der Waals surface area (Å²) in [7, 11) is 0. The minimum atomic E-state index is -0.0954. The largest absolute Gasteiger partial charge is 0.494 e. The molecule has 0 radical (unpaired) electrons. The Morgan fingerprint density at radius 2 is 1.33 bits per heavy atom. The Kier molecular flexibility index (Phi) is 6.87. The highest BCUT2D eigenvalue weighted by molar-refractivity contribution is 5.95. The van der Waals surface area contributed by atoms with Gasteiger partial charge in [-0.2, -0.15) is 0 Å². The average molecular weight is 361 g/mol. The Balaban J connectivity index is 1.46. The molecule has 0 aromatic heterocycles. The van der Waals surface area contributed by atoms with Gasteiger partial charge in [0.2, 0.25) is 0 Å². The van der Waals surface area contributed by atoms with Crippen LogP contribution in [0.3, 0.4) is 0 Å². The highest BCUT2D eigenvalue weighted by atomic mass is 16.5. The second-order valence-electron chi connectivity index (χ2n) is 6.03. The lowest BCUT2D eigenvalue weighted by atomic mass is 10.1. The zero-order valence-corrected chi connectivity index (χ0v) is 15.1. The molecule has 138 valence electrons. The Morgan fingerprint density at radius 1 is 0.741 bits per heavy atom. The van der Waals surface area contributed by atoms with Crippen molar-refractivity contribution >= 4 is 5.91 Å². The van der Waals surface area contributed by atoms with Crippen molar-refractivity contribution in [2.45, 2.75) is 13.0 Å². The molecule has 4 nitrogen and oxygen atoms in total. The van der Waals surface area contributed by atoms with Gasteiger partial charge >= 0.3 is 0 Å². The summed E-state index contributed by atoms with van der Waals surface area (Å²) in [5, 5.41) is 2.95. The van der Waals surface area contributed by atoms with Crippen molar-refractivity contribution < 1.29 is 14.3 Å². The van der Waals surface area contributed by atoms with Crippen molar-refractivity contribution in [2.24, 2.45) is 0 Å². The van der Waals surface area contributed by atoms with Crippen molar-refractivity contribution in [3.05, 3.63) is 96.1 Å². The first-order valence-electron chi connectivity index (χ1n) is 9.05. The van der Waals surface area contributed by atoms with Crippen LogP contribution in [0.4, 0.5) is 0 Å². The lowest BCUT2D eigenvalue weighted by Gasteiger charge is -2.12. The second-order valence-corrected chi connectivity index (χ2v) is 6.03. The molecule has 0 fully saturated rings. The number of benzene rings is 3. The lowest BCUT2D eigenvalue weighted by molar-refractivity contribution is 0.0949. The lowest BCUT2D eigenvalue weighted by Crippen LogP contribution is -2.26. The van der Waals surface area contributed by atoms with Crippen LogP contribution in [0.25, 0.3) is 0 Å². The van der Waals surface area contributed by atoms with Crippen molar-refractivity contribution in [3.8, 4) is 11.5 Å². The van der Waals surface area contributed by atoms with Crippen LogP contribution in [0.2, 0.25) is 0 Å². The molecule has 0 aliphatic rings. The fourth-order valence-electron chi connectivity index (χ4n) is 2.62. The summed E-state index contributed by atoms with van der Waals surface area (Å²) in [6.45, 7) is 1.47. The fourth-order valence-corrected chi connectivity index (χ4v) is 2.62. The van der Waals surface area contributed by atoms with Gasteiger partial charge < -0.3 is 14.8 Å². The second kappa shape index (κ2) is 10.0. The molecular formula is C23H23NO3. The van der Waals surface area contributed by atoms with E-state index in [1.54, 1.807) is 0 Å². The van der Waals surface area contributed by atoms with Crippen LogP contribution in [0.15, 0.2) is 84.9 Å². The number of carbonyl (C=O) groups excluding carboxylic acids is 1. The highest BCUT2D eigenvalue weighted by Crippen LogP contribution is 2.15. The molecule has 27 heavy (non-hydrogen) atoms. The first-order valence-corrected chi connectivity index (χ1v) is 9.05. The van der Waals surface area contributed by atoms with Gasteiger partial charge in [0, 0.05) is 17.7 Å². The average Bonchev–Trinajstić information content (AvgIpc) is 2.73. The number of nitrogens with one attached hydrogen (secondary N) is 1. The summed E-state index contributed by atoms with van der Waals surface area (Å²) in [6, 6.07) is 26.7. The van der Waals surface area contributed by atoms with Crippen molar-refractivity contribution in [3.63, 3.8) is 0 Å². The minimum absolute atomic E-state index is 0.0954. The molecule has 0 spiro atoms. The Bertz CT molecular complexity index is 835. The maximum absolute atomic E-state index is 12.5. The van der Waals surface area contributed by atoms with Crippen molar-refractivity contribution in [1.82, 2.24) is 5.32 Å². The van der Waals surface area contributed by atoms with Crippen LogP contribution >= 0.6 is 0 Å². The first-order chi connectivity index (χ1) is 13.3. The summed E-state index contributed by atoms with van der Waals surface area (Å²) < 4.78 is 11.4. The van der Waals surface area contributed by atoms with Gasteiger partial charge in [0.05, 0.1) is 6.61 Å². The molecule has 0 aliphatic carbocycles. The molecule has 3 rings (SSSR count). The molecule has 0 heterocycles. The van der Waals surface area contributed by atoms with E-state index in [9.17, 15) is 4.79 Å². The number of para-hydroxylation sites is 2. The monoisotopic (exact) mass is 361 g/mol. The molecule has 0 unspecified atom stereocenters. The zero-order valence-electron chi connectivity index (χ0n) is 15.1.